The maximum absolute atomic E-state index is 13.1. The molecule has 130 valence electrons. The summed E-state index contributed by atoms with van der Waals surface area (Å²) in [6.45, 7) is 3.91. The molecule has 25 heavy (non-hydrogen) atoms. The van der Waals surface area contributed by atoms with Gasteiger partial charge in [0.05, 0.1) is 6.10 Å². The van der Waals surface area contributed by atoms with Crippen molar-refractivity contribution in [3.05, 3.63) is 59.7 Å². The maximum Gasteiger partial charge on any atom is 0.259 e. The van der Waals surface area contributed by atoms with Crippen molar-refractivity contribution >= 4 is 17.5 Å². The van der Waals surface area contributed by atoms with E-state index in [-0.39, 0.29) is 17.9 Å². The molecule has 0 unspecified atom stereocenters. The van der Waals surface area contributed by atoms with Crippen LogP contribution in [0.1, 0.15) is 29.8 Å². The first-order valence-corrected chi connectivity index (χ1v) is 8.41. The van der Waals surface area contributed by atoms with Crippen molar-refractivity contribution in [2.45, 2.75) is 32.4 Å². The lowest BCUT2D eigenvalue weighted by Gasteiger charge is -2.24. The minimum Gasteiger partial charge on any atom is -0.491 e. The molecule has 1 N–H and O–H groups in total. The van der Waals surface area contributed by atoms with E-state index in [9.17, 15) is 9.59 Å². The number of amides is 2. The van der Waals surface area contributed by atoms with E-state index in [1.165, 1.54) is 0 Å². The fourth-order valence-electron chi connectivity index (χ4n) is 3.10. The number of hydrogen-bond acceptors (Lipinski definition) is 3. The molecule has 1 aliphatic heterocycles. The summed E-state index contributed by atoms with van der Waals surface area (Å²) < 4.78 is 5.62. The van der Waals surface area contributed by atoms with E-state index >= 15 is 0 Å². The molecule has 3 rings (SSSR count). The highest BCUT2D eigenvalue weighted by atomic mass is 16.5. The van der Waals surface area contributed by atoms with E-state index in [0.717, 1.165) is 17.0 Å². The molecular weight excluding hydrogens is 316 g/mol. The molecule has 2 aromatic carbocycles. The standard InChI is InChI=1S/C20H22N2O3/c1-13(2)25-16-10-8-14(9-11-16)20(24)22-17-7-5-4-6-15(17)12-18(22)19(23)21-3/h4-11,13,18H,12H2,1-3H3,(H,21,23)/t18-/m1/s1. The van der Waals surface area contributed by atoms with Crippen LogP contribution in [0, 0.1) is 0 Å². The first kappa shape index (κ1) is 17.0. The Morgan fingerprint density at radius 2 is 1.80 bits per heavy atom. The molecule has 0 aliphatic carbocycles. The van der Waals surface area contributed by atoms with Crippen LogP contribution >= 0.6 is 0 Å². The van der Waals surface area contributed by atoms with Gasteiger partial charge in [-0.15, -0.1) is 0 Å². The average molecular weight is 338 g/mol. The zero-order valence-electron chi connectivity index (χ0n) is 14.7. The van der Waals surface area contributed by atoms with Gasteiger partial charge < -0.3 is 10.1 Å². The predicted molar refractivity (Wildman–Crippen MR) is 97.0 cm³/mol. The van der Waals surface area contributed by atoms with E-state index < -0.39 is 6.04 Å². The van der Waals surface area contributed by atoms with Gasteiger partial charge in [0.2, 0.25) is 5.91 Å². The molecule has 0 fully saturated rings. The second-order valence-electron chi connectivity index (χ2n) is 6.33. The zero-order valence-corrected chi connectivity index (χ0v) is 14.7. The largest absolute Gasteiger partial charge is 0.491 e. The van der Waals surface area contributed by atoms with Crippen LogP contribution in [0.15, 0.2) is 48.5 Å². The maximum atomic E-state index is 13.1. The van der Waals surface area contributed by atoms with Crippen molar-refractivity contribution in [1.29, 1.82) is 0 Å². The van der Waals surface area contributed by atoms with Gasteiger partial charge in [-0.3, -0.25) is 14.5 Å². The van der Waals surface area contributed by atoms with Crippen LogP contribution < -0.4 is 15.0 Å². The van der Waals surface area contributed by atoms with Gasteiger partial charge in [-0.2, -0.15) is 0 Å². The number of hydrogen-bond donors (Lipinski definition) is 1. The molecule has 5 heteroatoms. The summed E-state index contributed by atoms with van der Waals surface area (Å²) in [6.07, 6.45) is 0.598. The summed E-state index contributed by atoms with van der Waals surface area (Å²) in [4.78, 5) is 26.9. The van der Waals surface area contributed by atoms with Gasteiger partial charge in [0.15, 0.2) is 0 Å². The third-order valence-electron chi connectivity index (χ3n) is 4.22. The molecular formula is C20H22N2O3. The SMILES string of the molecule is CNC(=O)[C@H]1Cc2ccccc2N1C(=O)c1ccc(OC(C)C)cc1. The van der Waals surface area contributed by atoms with Gasteiger partial charge in [-0.05, 0) is 49.7 Å². The van der Waals surface area contributed by atoms with Crippen molar-refractivity contribution in [2.24, 2.45) is 0 Å². The molecule has 5 nitrogen and oxygen atoms in total. The van der Waals surface area contributed by atoms with Crippen LogP contribution in [-0.4, -0.2) is 31.0 Å². The van der Waals surface area contributed by atoms with E-state index in [1.807, 2.05) is 38.1 Å². The molecule has 0 radical (unpaired) electrons. The third kappa shape index (κ3) is 3.36. The van der Waals surface area contributed by atoms with Gasteiger partial charge in [-0.1, -0.05) is 18.2 Å². The number of fused-ring (bicyclic) bond motifs is 1. The van der Waals surface area contributed by atoms with Crippen molar-refractivity contribution in [2.75, 3.05) is 11.9 Å². The van der Waals surface area contributed by atoms with Crippen molar-refractivity contribution < 1.29 is 14.3 Å². The van der Waals surface area contributed by atoms with Gasteiger partial charge in [0, 0.05) is 24.7 Å². The molecule has 0 saturated carbocycles. The Balaban J connectivity index is 1.91. The highest BCUT2D eigenvalue weighted by molar-refractivity contribution is 6.11. The summed E-state index contributed by atoms with van der Waals surface area (Å²) in [6, 6.07) is 14.2. The molecule has 1 aliphatic rings. The summed E-state index contributed by atoms with van der Waals surface area (Å²) in [7, 11) is 1.59. The number of benzene rings is 2. The number of anilines is 1. The van der Waals surface area contributed by atoms with Gasteiger partial charge in [0.1, 0.15) is 11.8 Å². The summed E-state index contributed by atoms with van der Waals surface area (Å²) in [5, 5.41) is 2.66. The Morgan fingerprint density at radius 1 is 1.12 bits per heavy atom. The minimum atomic E-state index is -0.526. The topological polar surface area (TPSA) is 58.6 Å². The van der Waals surface area contributed by atoms with E-state index in [4.69, 9.17) is 4.74 Å². The van der Waals surface area contributed by atoms with Crippen LogP contribution in [0.4, 0.5) is 5.69 Å². The van der Waals surface area contributed by atoms with E-state index in [0.29, 0.717) is 12.0 Å². The number of likely N-dealkylation sites (N-methyl/N-ethyl adjacent to an activating group) is 1. The number of para-hydroxylation sites is 1. The summed E-state index contributed by atoms with van der Waals surface area (Å²) in [5.41, 5.74) is 2.33. The molecule has 1 heterocycles. The number of carbonyl (C=O) groups is 2. The lowest BCUT2D eigenvalue weighted by molar-refractivity contribution is -0.121. The van der Waals surface area contributed by atoms with Gasteiger partial charge in [-0.25, -0.2) is 0 Å². The van der Waals surface area contributed by atoms with Gasteiger partial charge >= 0.3 is 0 Å². The van der Waals surface area contributed by atoms with Crippen molar-refractivity contribution in [3.8, 4) is 5.75 Å². The zero-order chi connectivity index (χ0) is 18.0. The monoisotopic (exact) mass is 338 g/mol. The normalized spacial score (nSPS) is 15.8. The smallest absolute Gasteiger partial charge is 0.259 e. The predicted octanol–water partition coefficient (Wildman–Crippen LogP) is 2.79. The second-order valence-corrected chi connectivity index (χ2v) is 6.33. The third-order valence-corrected chi connectivity index (χ3v) is 4.22. The Bertz CT molecular complexity index is 784. The molecule has 0 aromatic heterocycles. The summed E-state index contributed by atoms with van der Waals surface area (Å²) >= 11 is 0. The molecule has 1 atom stereocenters. The fraction of sp³-hybridized carbons (Fsp3) is 0.300. The highest BCUT2D eigenvalue weighted by Crippen LogP contribution is 2.33. The Kier molecular flexibility index (Phi) is 4.74. The molecule has 2 amide bonds. The molecule has 2 aromatic rings. The van der Waals surface area contributed by atoms with Crippen molar-refractivity contribution in [3.63, 3.8) is 0 Å². The van der Waals surface area contributed by atoms with Crippen LogP contribution in [0.25, 0.3) is 0 Å². The average Bonchev–Trinajstić information content (AvgIpc) is 3.00. The molecule has 0 spiro atoms. The van der Waals surface area contributed by atoms with Crippen LogP contribution in [0.2, 0.25) is 0 Å². The lowest BCUT2D eigenvalue weighted by Crippen LogP contribution is -2.47. The summed E-state index contributed by atoms with van der Waals surface area (Å²) in [5.74, 6) is 0.371. The number of rotatable bonds is 4. The van der Waals surface area contributed by atoms with E-state index in [2.05, 4.69) is 5.32 Å². The first-order chi connectivity index (χ1) is 12.0. The van der Waals surface area contributed by atoms with E-state index in [1.54, 1.807) is 36.2 Å². The number of ether oxygens (including phenoxy) is 1. The highest BCUT2D eigenvalue weighted by Gasteiger charge is 2.38. The fourth-order valence-corrected chi connectivity index (χ4v) is 3.10. The van der Waals surface area contributed by atoms with Crippen LogP contribution in [0.5, 0.6) is 5.75 Å². The Labute approximate surface area is 147 Å². The number of carbonyl (C=O) groups excluding carboxylic acids is 2. The molecule has 0 saturated heterocycles. The van der Waals surface area contributed by atoms with Crippen LogP contribution in [-0.2, 0) is 11.2 Å². The minimum absolute atomic E-state index is 0.0737. The second kappa shape index (κ2) is 6.97. The number of nitrogens with zero attached hydrogens (tertiary/aromatic N) is 1. The Hall–Kier alpha value is -2.82. The Morgan fingerprint density at radius 3 is 2.44 bits per heavy atom. The van der Waals surface area contributed by atoms with Crippen molar-refractivity contribution in [1.82, 2.24) is 5.32 Å². The van der Waals surface area contributed by atoms with Crippen LogP contribution in [0.3, 0.4) is 0 Å². The van der Waals surface area contributed by atoms with Gasteiger partial charge in [0.25, 0.3) is 5.91 Å². The quantitative estimate of drug-likeness (QED) is 0.932. The number of nitrogens with one attached hydrogen (secondary N) is 1. The molecule has 0 bridgehead atoms. The first-order valence-electron chi connectivity index (χ1n) is 8.41. The lowest BCUT2D eigenvalue weighted by atomic mass is 10.1.